The molecule has 2 nitrogen and oxygen atoms in total. The Balaban J connectivity index is 1.83. The molecule has 2 aromatic rings. The Morgan fingerprint density at radius 3 is 2.31 bits per heavy atom. The number of ether oxygens (including phenoxy) is 2. The van der Waals surface area contributed by atoms with E-state index in [0.29, 0.717) is 11.6 Å². The molecule has 2 rings (SSSR count). The maximum Gasteiger partial charge on any atom is 0.138 e. The normalized spacial score (nSPS) is 11.0. The Hall–Kier alpha value is -1.12. The van der Waals surface area contributed by atoms with Crippen molar-refractivity contribution in [3.63, 3.8) is 0 Å². The molecule has 0 saturated carbocycles. The predicted octanol–water partition coefficient (Wildman–Crippen LogP) is 7.63. The molecule has 0 spiro atoms. The number of unbranched alkanes of at least 4 members (excludes halogenated alkanes) is 6. The highest BCUT2D eigenvalue weighted by Crippen LogP contribution is 2.34. The monoisotopic (exact) mass is 396 g/mol. The van der Waals surface area contributed by atoms with E-state index in [0.717, 1.165) is 60.4 Å². The minimum Gasteiger partial charge on any atom is -0.494 e. The molecular formula is C22H30Cl2O2. The largest absolute Gasteiger partial charge is 0.494 e. The maximum atomic E-state index is 6.54. The predicted molar refractivity (Wildman–Crippen MR) is 113 cm³/mol. The molecule has 0 N–H and O–H groups in total. The van der Waals surface area contributed by atoms with Crippen LogP contribution in [0, 0.1) is 0 Å². The molecule has 26 heavy (non-hydrogen) atoms. The third-order valence-electron chi connectivity index (χ3n) is 4.44. The van der Waals surface area contributed by atoms with Crippen LogP contribution in [0.3, 0.4) is 0 Å². The summed E-state index contributed by atoms with van der Waals surface area (Å²) in [6, 6.07) is 10.1. The molecule has 0 aliphatic heterocycles. The maximum absolute atomic E-state index is 6.54. The van der Waals surface area contributed by atoms with Crippen LogP contribution in [0.5, 0.6) is 11.5 Å². The molecule has 0 heterocycles. The average Bonchev–Trinajstić information content (AvgIpc) is 2.66. The SMILES string of the molecule is CCCCOc1ccc2c(Cl)c(OCCCCCCCCCl)ccc2c1. The minimum atomic E-state index is 0.685. The van der Waals surface area contributed by atoms with Crippen LogP contribution in [0.4, 0.5) is 0 Å². The quantitative estimate of drug-likeness (QED) is 0.255. The van der Waals surface area contributed by atoms with Crippen LogP contribution >= 0.6 is 23.2 Å². The molecule has 0 radical (unpaired) electrons. The van der Waals surface area contributed by atoms with Crippen LogP contribution in [0.2, 0.25) is 5.02 Å². The number of rotatable bonds is 13. The van der Waals surface area contributed by atoms with Crippen molar-refractivity contribution in [3.05, 3.63) is 35.4 Å². The van der Waals surface area contributed by atoms with Crippen LogP contribution in [-0.4, -0.2) is 19.1 Å². The van der Waals surface area contributed by atoms with Gasteiger partial charge in [-0.1, -0.05) is 56.7 Å². The fourth-order valence-corrected chi connectivity index (χ4v) is 3.35. The Bertz CT molecular complexity index is 658. The first-order valence-corrected chi connectivity index (χ1v) is 10.7. The molecule has 0 aromatic heterocycles. The van der Waals surface area contributed by atoms with E-state index in [-0.39, 0.29) is 0 Å². The average molecular weight is 397 g/mol. The molecule has 144 valence electrons. The summed E-state index contributed by atoms with van der Waals surface area (Å²) in [5.74, 6) is 2.43. The second-order valence-electron chi connectivity index (χ2n) is 6.62. The Morgan fingerprint density at radius 2 is 1.54 bits per heavy atom. The second-order valence-corrected chi connectivity index (χ2v) is 7.38. The standard InChI is InChI=1S/C22H30Cl2O2/c1-2-3-15-25-19-11-12-20-18(17-19)10-13-21(22(20)24)26-16-9-7-5-4-6-8-14-23/h10-13,17H,2-9,14-16H2,1H3. The minimum absolute atomic E-state index is 0.685. The topological polar surface area (TPSA) is 18.5 Å². The zero-order valence-electron chi connectivity index (χ0n) is 15.7. The molecule has 0 aliphatic carbocycles. The van der Waals surface area contributed by atoms with Gasteiger partial charge >= 0.3 is 0 Å². The lowest BCUT2D eigenvalue weighted by molar-refractivity contribution is 0.305. The molecule has 4 heteroatoms. The smallest absolute Gasteiger partial charge is 0.138 e. The highest BCUT2D eigenvalue weighted by atomic mass is 35.5. The Morgan fingerprint density at radius 1 is 0.808 bits per heavy atom. The summed E-state index contributed by atoms with van der Waals surface area (Å²) in [5, 5.41) is 2.77. The van der Waals surface area contributed by atoms with Gasteiger partial charge in [0.15, 0.2) is 0 Å². The zero-order valence-corrected chi connectivity index (χ0v) is 17.2. The zero-order chi connectivity index (χ0) is 18.6. The molecule has 0 amide bonds. The van der Waals surface area contributed by atoms with E-state index < -0.39 is 0 Å². The summed E-state index contributed by atoms with van der Waals surface area (Å²) in [5.41, 5.74) is 0. The first-order valence-electron chi connectivity index (χ1n) is 9.80. The fraction of sp³-hybridized carbons (Fsp3) is 0.545. The van der Waals surface area contributed by atoms with Crippen molar-refractivity contribution in [2.24, 2.45) is 0 Å². The van der Waals surface area contributed by atoms with E-state index in [1.807, 2.05) is 24.3 Å². The van der Waals surface area contributed by atoms with E-state index in [9.17, 15) is 0 Å². The molecule has 0 unspecified atom stereocenters. The van der Waals surface area contributed by atoms with E-state index >= 15 is 0 Å². The third-order valence-corrected chi connectivity index (χ3v) is 5.10. The van der Waals surface area contributed by atoms with Gasteiger partial charge in [-0.25, -0.2) is 0 Å². The summed E-state index contributed by atoms with van der Waals surface area (Å²) < 4.78 is 11.7. The third kappa shape index (κ3) is 6.89. The van der Waals surface area contributed by atoms with Crippen molar-refractivity contribution < 1.29 is 9.47 Å². The van der Waals surface area contributed by atoms with Crippen molar-refractivity contribution in [1.29, 1.82) is 0 Å². The van der Waals surface area contributed by atoms with Gasteiger partial charge in [-0.2, -0.15) is 0 Å². The Kier molecular flexibility index (Phi) is 10.0. The molecule has 0 atom stereocenters. The highest BCUT2D eigenvalue weighted by molar-refractivity contribution is 6.37. The van der Waals surface area contributed by atoms with E-state index in [4.69, 9.17) is 32.7 Å². The number of hydrogen-bond donors (Lipinski definition) is 0. The van der Waals surface area contributed by atoms with Crippen molar-refractivity contribution in [1.82, 2.24) is 0 Å². The van der Waals surface area contributed by atoms with Gasteiger partial charge < -0.3 is 9.47 Å². The van der Waals surface area contributed by atoms with Crippen molar-refractivity contribution in [3.8, 4) is 11.5 Å². The van der Waals surface area contributed by atoms with Gasteiger partial charge in [0.1, 0.15) is 11.5 Å². The lowest BCUT2D eigenvalue weighted by Gasteiger charge is -2.11. The number of halogens is 2. The molecule has 0 bridgehead atoms. The Labute approximate surface area is 167 Å². The van der Waals surface area contributed by atoms with E-state index in [1.54, 1.807) is 0 Å². The summed E-state index contributed by atoms with van der Waals surface area (Å²) >= 11 is 12.2. The number of fused-ring (bicyclic) bond motifs is 1. The summed E-state index contributed by atoms with van der Waals surface area (Å²) in [6.07, 6.45) is 9.29. The first-order chi connectivity index (χ1) is 12.8. The van der Waals surface area contributed by atoms with Gasteiger partial charge in [-0.15, -0.1) is 11.6 Å². The van der Waals surface area contributed by atoms with Gasteiger partial charge in [0.05, 0.1) is 18.2 Å². The fourth-order valence-electron chi connectivity index (χ4n) is 2.87. The molecular weight excluding hydrogens is 367 g/mol. The van der Waals surface area contributed by atoms with Crippen LogP contribution < -0.4 is 9.47 Å². The van der Waals surface area contributed by atoms with Crippen molar-refractivity contribution >= 4 is 34.0 Å². The van der Waals surface area contributed by atoms with Crippen LogP contribution in [0.1, 0.15) is 58.3 Å². The lowest BCUT2D eigenvalue weighted by atomic mass is 10.1. The van der Waals surface area contributed by atoms with Crippen LogP contribution in [0.15, 0.2) is 30.3 Å². The van der Waals surface area contributed by atoms with Crippen molar-refractivity contribution in [2.45, 2.75) is 58.3 Å². The molecule has 0 aliphatic rings. The summed E-state index contributed by atoms with van der Waals surface area (Å²) in [4.78, 5) is 0. The number of alkyl halides is 1. The van der Waals surface area contributed by atoms with Gasteiger partial charge in [0.25, 0.3) is 0 Å². The molecule has 0 fully saturated rings. The number of benzene rings is 2. The van der Waals surface area contributed by atoms with Gasteiger partial charge in [-0.05, 0) is 48.9 Å². The molecule has 0 saturated heterocycles. The van der Waals surface area contributed by atoms with Gasteiger partial charge in [0.2, 0.25) is 0 Å². The van der Waals surface area contributed by atoms with Gasteiger partial charge in [-0.3, -0.25) is 0 Å². The van der Waals surface area contributed by atoms with Crippen LogP contribution in [-0.2, 0) is 0 Å². The first kappa shape index (κ1) is 21.2. The highest BCUT2D eigenvalue weighted by Gasteiger charge is 2.08. The van der Waals surface area contributed by atoms with Crippen molar-refractivity contribution in [2.75, 3.05) is 19.1 Å². The lowest BCUT2D eigenvalue weighted by Crippen LogP contribution is -1.98. The van der Waals surface area contributed by atoms with E-state index in [2.05, 4.69) is 13.0 Å². The van der Waals surface area contributed by atoms with Crippen LogP contribution in [0.25, 0.3) is 10.8 Å². The van der Waals surface area contributed by atoms with E-state index in [1.165, 1.54) is 25.7 Å². The summed E-state index contributed by atoms with van der Waals surface area (Å²) in [6.45, 7) is 3.62. The number of hydrogen-bond acceptors (Lipinski definition) is 2. The molecule has 2 aromatic carbocycles. The summed E-state index contributed by atoms with van der Waals surface area (Å²) in [7, 11) is 0. The second kappa shape index (κ2) is 12.3. The van der Waals surface area contributed by atoms with Gasteiger partial charge in [0, 0.05) is 11.3 Å².